The molecule has 0 atom stereocenters. The molecule has 22 heavy (non-hydrogen) atoms. The number of nitrogens with one attached hydrogen (secondary N) is 2. The molecule has 2 aliphatic rings. The summed E-state index contributed by atoms with van der Waals surface area (Å²) in [5, 5.41) is 5.02. The van der Waals surface area contributed by atoms with Crippen molar-refractivity contribution < 1.29 is 23.9 Å². The number of carbonyl (C=O) groups is 4. The molecule has 1 saturated carbocycles. The molecular formula is C14H21N3O5. The average molecular weight is 311 g/mol. The highest BCUT2D eigenvalue weighted by molar-refractivity contribution is 5.97. The maximum atomic E-state index is 11.8. The van der Waals surface area contributed by atoms with Gasteiger partial charge in [0, 0.05) is 19.0 Å². The van der Waals surface area contributed by atoms with Crippen LogP contribution in [0.5, 0.6) is 0 Å². The maximum absolute atomic E-state index is 11.8. The van der Waals surface area contributed by atoms with E-state index in [-0.39, 0.29) is 24.9 Å². The number of esters is 1. The van der Waals surface area contributed by atoms with E-state index in [2.05, 4.69) is 10.6 Å². The maximum Gasteiger partial charge on any atom is 0.325 e. The molecule has 0 aromatic rings. The Morgan fingerprint density at radius 3 is 2.59 bits per heavy atom. The van der Waals surface area contributed by atoms with Gasteiger partial charge in [-0.1, -0.05) is 19.3 Å². The highest BCUT2D eigenvalue weighted by atomic mass is 16.5. The second-order valence-electron chi connectivity index (χ2n) is 5.49. The second-order valence-corrected chi connectivity index (χ2v) is 5.49. The average Bonchev–Trinajstić information content (AvgIpc) is 2.97. The zero-order chi connectivity index (χ0) is 15.9. The first kappa shape index (κ1) is 16.3. The van der Waals surface area contributed by atoms with Crippen LogP contribution in [-0.2, 0) is 19.1 Å². The third-order valence-corrected chi connectivity index (χ3v) is 3.90. The number of nitrogens with zero attached hydrogens (tertiary/aromatic N) is 1. The third-order valence-electron chi connectivity index (χ3n) is 3.90. The largest absolute Gasteiger partial charge is 0.454 e. The molecule has 8 heteroatoms. The Morgan fingerprint density at radius 1 is 1.23 bits per heavy atom. The monoisotopic (exact) mass is 311 g/mol. The van der Waals surface area contributed by atoms with Crippen molar-refractivity contribution in [2.75, 3.05) is 26.2 Å². The van der Waals surface area contributed by atoms with Crippen LogP contribution in [0.2, 0.25) is 0 Å². The first-order valence-corrected chi connectivity index (χ1v) is 7.59. The van der Waals surface area contributed by atoms with E-state index < -0.39 is 24.5 Å². The molecule has 0 aromatic carbocycles. The van der Waals surface area contributed by atoms with E-state index in [4.69, 9.17) is 4.74 Å². The summed E-state index contributed by atoms with van der Waals surface area (Å²) in [6, 6.07) is -0.480. The van der Waals surface area contributed by atoms with Gasteiger partial charge in [0.15, 0.2) is 6.61 Å². The zero-order valence-electron chi connectivity index (χ0n) is 12.4. The number of urea groups is 1. The molecule has 0 unspecified atom stereocenters. The predicted molar refractivity (Wildman–Crippen MR) is 75.7 cm³/mol. The summed E-state index contributed by atoms with van der Waals surface area (Å²) in [6.45, 7) is -0.0794. The van der Waals surface area contributed by atoms with Gasteiger partial charge in [-0.15, -0.1) is 0 Å². The van der Waals surface area contributed by atoms with Crippen molar-refractivity contribution in [1.82, 2.24) is 15.5 Å². The number of hydrogen-bond acceptors (Lipinski definition) is 5. The summed E-state index contributed by atoms with van der Waals surface area (Å²) in [4.78, 5) is 47.3. The highest BCUT2D eigenvalue weighted by Crippen LogP contribution is 2.23. The van der Waals surface area contributed by atoms with Crippen LogP contribution in [0.3, 0.4) is 0 Å². The van der Waals surface area contributed by atoms with Crippen molar-refractivity contribution in [3.8, 4) is 0 Å². The van der Waals surface area contributed by atoms with Crippen LogP contribution in [0, 0.1) is 5.92 Å². The van der Waals surface area contributed by atoms with E-state index in [0.717, 1.165) is 37.0 Å². The smallest absolute Gasteiger partial charge is 0.325 e. The second kappa shape index (κ2) is 7.77. The fourth-order valence-electron chi connectivity index (χ4n) is 2.65. The molecule has 1 heterocycles. The summed E-state index contributed by atoms with van der Waals surface area (Å²) >= 11 is 0. The van der Waals surface area contributed by atoms with Crippen molar-refractivity contribution >= 4 is 23.8 Å². The Bertz CT molecular complexity index is 459. The summed E-state index contributed by atoms with van der Waals surface area (Å²) in [5.41, 5.74) is 0. The van der Waals surface area contributed by atoms with Crippen molar-refractivity contribution in [2.45, 2.75) is 32.1 Å². The van der Waals surface area contributed by atoms with Gasteiger partial charge in [0.2, 0.25) is 5.91 Å². The lowest BCUT2D eigenvalue weighted by molar-refractivity contribution is -0.150. The Labute approximate surface area is 128 Å². The molecule has 1 saturated heterocycles. The molecule has 0 aromatic heterocycles. The summed E-state index contributed by atoms with van der Waals surface area (Å²) in [5.74, 6) is -1.42. The van der Waals surface area contributed by atoms with E-state index in [9.17, 15) is 19.2 Å². The first-order chi connectivity index (χ1) is 10.6. The lowest BCUT2D eigenvalue weighted by atomic mass is 9.89. The Hall–Kier alpha value is -2.12. The van der Waals surface area contributed by atoms with E-state index in [0.29, 0.717) is 6.54 Å². The number of amides is 4. The lowest BCUT2D eigenvalue weighted by Gasteiger charge is -2.20. The summed E-state index contributed by atoms with van der Waals surface area (Å²) < 4.78 is 4.78. The van der Waals surface area contributed by atoms with E-state index >= 15 is 0 Å². The molecule has 4 amide bonds. The van der Waals surface area contributed by atoms with Gasteiger partial charge in [0.25, 0.3) is 5.91 Å². The van der Waals surface area contributed by atoms with Crippen molar-refractivity contribution in [3.05, 3.63) is 0 Å². The van der Waals surface area contributed by atoms with Crippen LogP contribution in [0.15, 0.2) is 0 Å². The molecule has 0 bridgehead atoms. The fourth-order valence-corrected chi connectivity index (χ4v) is 2.65. The molecule has 2 fully saturated rings. The van der Waals surface area contributed by atoms with Gasteiger partial charge in [-0.3, -0.25) is 19.3 Å². The molecular weight excluding hydrogens is 290 g/mol. The topological polar surface area (TPSA) is 105 Å². The number of rotatable bonds is 5. The standard InChI is InChI=1S/C14H21N3O5/c18-11(17-7-6-15-14(17)21)9-22-12(19)8-16-13(20)10-4-2-1-3-5-10/h10H,1-9H2,(H,15,21)(H,16,20). The van der Waals surface area contributed by atoms with Gasteiger partial charge in [0.1, 0.15) is 6.54 Å². The van der Waals surface area contributed by atoms with Gasteiger partial charge in [-0.2, -0.15) is 0 Å². The van der Waals surface area contributed by atoms with Gasteiger partial charge in [0.05, 0.1) is 0 Å². The fraction of sp³-hybridized carbons (Fsp3) is 0.714. The van der Waals surface area contributed by atoms with Crippen molar-refractivity contribution in [3.63, 3.8) is 0 Å². The minimum atomic E-state index is -0.683. The minimum absolute atomic E-state index is 0.0310. The van der Waals surface area contributed by atoms with Crippen LogP contribution in [-0.4, -0.2) is 55.0 Å². The lowest BCUT2D eigenvalue weighted by Crippen LogP contribution is -2.39. The number of ether oxygens (including phenoxy) is 1. The summed E-state index contributed by atoms with van der Waals surface area (Å²) in [6.07, 6.45) is 4.93. The van der Waals surface area contributed by atoms with Gasteiger partial charge < -0.3 is 15.4 Å². The molecule has 1 aliphatic heterocycles. The Kier molecular flexibility index (Phi) is 5.74. The normalized spacial score (nSPS) is 18.7. The van der Waals surface area contributed by atoms with Gasteiger partial charge in [-0.25, -0.2) is 4.79 Å². The van der Waals surface area contributed by atoms with E-state index in [1.165, 1.54) is 0 Å². The number of carbonyl (C=O) groups excluding carboxylic acids is 4. The molecule has 1 aliphatic carbocycles. The zero-order valence-corrected chi connectivity index (χ0v) is 12.4. The Morgan fingerprint density at radius 2 is 1.95 bits per heavy atom. The molecule has 0 spiro atoms. The van der Waals surface area contributed by atoms with Gasteiger partial charge >= 0.3 is 12.0 Å². The van der Waals surface area contributed by atoms with Gasteiger partial charge in [-0.05, 0) is 12.8 Å². The predicted octanol–water partition coefficient (Wildman–Crippen LogP) is -0.222. The van der Waals surface area contributed by atoms with Crippen molar-refractivity contribution in [1.29, 1.82) is 0 Å². The summed E-state index contributed by atoms with van der Waals surface area (Å²) in [7, 11) is 0. The van der Waals surface area contributed by atoms with Crippen LogP contribution in [0.25, 0.3) is 0 Å². The number of hydrogen-bond donors (Lipinski definition) is 2. The highest BCUT2D eigenvalue weighted by Gasteiger charge is 2.27. The molecule has 2 N–H and O–H groups in total. The quantitative estimate of drug-likeness (QED) is 0.683. The van der Waals surface area contributed by atoms with E-state index in [1.807, 2.05) is 0 Å². The first-order valence-electron chi connectivity index (χ1n) is 7.59. The van der Waals surface area contributed by atoms with Crippen LogP contribution in [0.1, 0.15) is 32.1 Å². The SMILES string of the molecule is O=C(CNC(=O)C1CCCCC1)OCC(=O)N1CCNC1=O. The molecule has 2 rings (SSSR count). The van der Waals surface area contributed by atoms with Crippen LogP contribution in [0.4, 0.5) is 4.79 Å². The third kappa shape index (κ3) is 4.44. The van der Waals surface area contributed by atoms with E-state index in [1.54, 1.807) is 0 Å². The molecule has 122 valence electrons. The Balaban J connectivity index is 1.64. The number of imide groups is 1. The van der Waals surface area contributed by atoms with Crippen LogP contribution < -0.4 is 10.6 Å². The molecule has 8 nitrogen and oxygen atoms in total. The van der Waals surface area contributed by atoms with Crippen molar-refractivity contribution in [2.24, 2.45) is 5.92 Å². The van der Waals surface area contributed by atoms with Crippen LogP contribution >= 0.6 is 0 Å². The minimum Gasteiger partial charge on any atom is -0.454 e. The molecule has 0 radical (unpaired) electrons.